The molecule has 0 saturated carbocycles. The molecular formula is C17H22F2N2O3S. The van der Waals surface area contributed by atoms with Crippen molar-refractivity contribution in [3.63, 3.8) is 0 Å². The predicted octanol–water partition coefficient (Wildman–Crippen LogP) is 2.52. The highest BCUT2D eigenvalue weighted by molar-refractivity contribution is 7.89. The molecule has 0 radical (unpaired) electrons. The lowest BCUT2D eigenvalue weighted by atomic mass is 9.86. The lowest BCUT2D eigenvalue weighted by Gasteiger charge is -2.43. The largest absolute Gasteiger partial charge is 0.341 e. The summed E-state index contributed by atoms with van der Waals surface area (Å²) in [5.74, 6) is -2.04. The second-order valence-corrected chi connectivity index (χ2v) is 8.51. The fourth-order valence-corrected chi connectivity index (χ4v) is 5.91. The number of sulfonamides is 1. The Hall–Kier alpha value is -1.54. The summed E-state index contributed by atoms with van der Waals surface area (Å²) in [6.07, 6.45) is 2.85. The number of carbonyl (C=O) groups is 1. The van der Waals surface area contributed by atoms with Crippen molar-refractivity contribution in [2.75, 3.05) is 19.6 Å². The summed E-state index contributed by atoms with van der Waals surface area (Å²) >= 11 is 0. The second-order valence-electron chi connectivity index (χ2n) is 6.68. The monoisotopic (exact) mass is 372 g/mol. The number of hydrogen-bond acceptors (Lipinski definition) is 3. The normalized spacial score (nSPS) is 25.1. The van der Waals surface area contributed by atoms with Crippen LogP contribution in [0, 0.1) is 11.6 Å². The van der Waals surface area contributed by atoms with Gasteiger partial charge in [-0.1, -0.05) is 6.92 Å². The molecule has 138 valence electrons. The molecule has 2 fully saturated rings. The Kier molecular flexibility index (Phi) is 4.85. The van der Waals surface area contributed by atoms with Crippen LogP contribution in [0.15, 0.2) is 23.1 Å². The lowest BCUT2D eigenvalue weighted by Crippen LogP contribution is -2.61. The summed E-state index contributed by atoms with van der Waals surface area (Å²) in [7, 11) is -4.30. The highest BCUT2D eigenvalue weighted by Crippen LogP contribution is 2.42. The first kappa shape index (κ1) is 18.3. The van der Waals surface area contributed by atoms with E-state index in [-0.39, 0.29) is 12.5 Å². The van der Waals surface area contributed by atoms with Gasteiger partial charge in [-0.3, -0.25) is 4.79 Å². The Morgan fingerprint density at radius 1 is 1.16 bits per heavy atom. The predicted molar refractivity (Wildman–Crippen MR) is 88.3 cm³/mol. The summed E-state index contributed by atoms with van der Waals surface area (Å²) in [6.45, 7) is 3.28. The molecule has 0 N–H and O–H groups in total. The third-order valence-electron chi connectivity index (χ3n) is 5.09. The van der Waals surface area contributed by atoms with Gasteiger partial charge in [-0.25, -0.2) is 17.2 Å². The van der Waals surface area contributed by atoms with Gasteiger partial charge in [0.2, 0.25) is 15.9 Å². The first-order chi connectivity index (χ1) is 11.8. The molecule has 2 aliphatic heterocycles. The maximum absolute atomic E-state index is 14.1. The maximum Gasteiger partial charge on any atom is 0.247 e. The fourth-order valence-electron chi connectivity index (χ4n) is 4.01. The molecule has 1 aromatic rings. The summed E-state index contributed by atoms with van der Waals surface area (Å²) in [4.78, 5) is 14.0. The summed E-state index contributed by atoms with van der Waals surface area (Å²) in [5, 5.41) is 0. The highest BCUT2D eigenvalue weighted by atomic mass is 32.2. The zero-order valence-electron chi connectivity index (χ0n) is 14.2. The van der Waals surface area contributed by atoms with Crippen LogP contribution >= 0.6 is 0 Å². The Bertz CT molecular complexity index is 782. The molecule has 0 bridgehead atoms. The number of rotatable bonds is 4. The van der Waals surface area contributed by atoms with Crippen molar-refractivity contribution in [3.8, 4) is 0 Å². The molecule has 5 nitrogen and oxygen atoms in total. The van der Waals surface area contributed by atoms with E-state index in [9.17, 15) is 22.0 Å². The Balaban J connectivity index is 2.03. The van der Waals surface area contributed by atoms with Gasteiger partial charge in [0.25, 0.3) is 0 Å². The number of benzene rings is 1. The van der Waals surface area contributed by atoms with Gasteiger partial charge >= 0.3 is 0 Å². The SMILES string of the molecule is CCCN1CCCC2(CCCN2S(=O)(=O)c2cc(F)ccc2F)C1=O. The van der Waals surface area contributed by atoms with Crippen molar-refractivity contribution in [3.05, 3.63) is 29.8 Å². The molecule has 3 rings (SSSR count). The quantitative estimate of drug-likeness (QED) is 0.816. The van der Waals surface area contributed by atoms with Crippen LogP contribution in [0.25, 0.3) is 0 Å². The standard InChI is InChI=1S/C17H22F2N2O3S/c1-2-9-20-10-3-7-17(16(20)22)8-4-11-21(17)25(23,24)15-12-13(18)5-6-14(15)19/h5-6,12H,2-4,7-11H2,1H3. The van der Waals surface area contributed by atoms with Gasteiger partial charge in [0, 0.05) is 19.6 Å². The van der Waals surface area contributed by atoms with Crippen LogP contribution in [0.3, 0.4) is 0 Å². The van der Waals surface area contributed by atoms with E-state index in [1.807, 2.05) is 6.92 Å². The third kappa shape index (κ3) is 2.95. The van der Waals surface area contributed by atoms with Crippen LogP contribution in [-0.4, -0.2) is 48.7 Å². The van der Waals surface area contributed by atoms with E-state index in [0.717, 1.165) is 22.9 Å². The van der Waals surface area contributed by atoms with E-state index >= 15 is 0 Å². The molecule has 1 amide bonds. The van der Waals surface area contributed by atoms with Gasteiger partial charge < -0.3 is 4.90 Å². The van der Waals surface area contributed by atoms with E-state index in [0.29, 0.717) is 44.8 Å². The molecular weight excluding hydrogens is 350 g/mol. The van der Waals surface area contributed by atoms with Crippen LogP contribution in [0.2, 0.25) is 0 Å². The molecule has 0 aliphatic carbocycles. The van der Waals surface area contributed by atoms with Crippen molar-refractivity contribution < 1.29 is 22.0 Å². The number of nitrogens with zero attached hydrogens (tertiary/aromatic N) is 2. The molecule has 8 heteroatoms. The van der Waals surface area contributed by atoms with E-state index in [4.69, 9.17) is 0 Å². The van der Waals surface area contributed by atoms with Crippen molar-refractivity contribution in [2.24, 2.45) is 0 Å². The van der Waals surface area contributed by atoms with E-state index < -0.39 is 32.1 Å². The van der Waals surface area contributed by atoms with Gasteiger partial charge in [0.05, 0.1) is 0 Å². The Morgan fingerprint density at radius 3 is 2.52 bits per heavy atom. The molecule has 1 spiro atoms. The molecule has 2 saturated heterocycles. The first-order valence-electron chi connectivity index (χ1n) is 8.60. The summed E-state index contributed by atoms with van der Waals surface area (Å²) in [6, 6.07) is 2.37. The smallest absolute Gasteiger partial charge is 0.247 e. The maximum atomic E-state index is 14.1. The Morgan fingerprint density at radius 2 is 1.84 bits per heavy atom. The van der Waals surface area contributed by atoms with Crippen LogP contribution in [0.4, 0.5) is 8.78 Å². The van der Waals surface area contributed by atoms with E-state index in [1.165, 1.54) is 0 Å². The van der Waals surface area contributed by atoms with Crippen molar-refractivity contribution >= 4 is 15.9 Å². The number of likely N-dealkylation sites (tertiary alicyclic amines) is 1. The summed E-state index contributed by atoms with van der Waals surface area (Å²) in [5.41, 5.74) is -1.16. The first-order valence-corrected chi connectivity index (χ1v) is 10.0. The van der Waals surface area contributed by atoms with Crippen molar-refractivity contribution in [1.82, 2.24) is 9.21 Å². The summed E-state index contributed by atoms with van der Waals surface area (Å²) < 4.78 is 54.8. The number of amides is 1. The van der Waals surface area contributed by atoms with Crippen molar-refractivity contribution in [2.45, 2.75) is 49.5 Å². The highest BCUT2D eigenvalue weighted by Gasteiger charge is 2.55. The fraction of sp³-hybridized carbons (Fsp3) is 0.588. The van der Waals surface area contributed by atoms with E-state index in [2.05, 4.69) is 0 Å². The average Bonchev–Trinajstić information content (AvgIpc) is 3.00. The second kappa shape index (κ2) is 6.64. The molecule has 2 aliphatic rings. The van der Waals surface area contributed by atoms with Gasteiger partial charge in [0.1, 0.15) is 22.1 Å². The molecule has 1 aromatic carbocycles. The average molecular weight is 372 g/mol. The number of halogens is 2. The van der Waals surface area contributed by atoms with Crippen LogP contribution in [0.1, 0.15) is 39.0 Å². The van der Waals surface area contributed by atoms with Crippen LogP contribution in [0.5, 0.6) is 0 Å². The van der Waals surface area contributed by atoms with E-state index in [1.54, 1.807) is 4.90 Å². The van der Waals surface area contributed by atoms with Gasteiger partial charge in [-0.2, -0.15) is 4.31 Å². The van der Waals surface area contributed by atoms with Gasteiger partial charge in [-0.15, -0.1) is 0 Å². The van der Waals surface area contributed by atoms with Gasteiger partial charge in [0.15, 0.2) is 0 Å². The zero-order valence-corrected chi connectivity index (χ0v) is 15.0. The van der Waals surface area contributed by atoms with Crippen molar-refractivity contribution in [1.29, 1.82) is 0 Å². The molecule has 1 atom stereocenters. The van der Waals surface area contributed by atoms with Gasteiger partial charge in [-0.05, 0) is 50.3 Å². The van der Waals surface area contributed by atoms with Crippen LogP contribution in [-0.2, 0) is 14.8 Å². The lowest BCUT2D eigenvalue weighted by molar-refractivity contribution is -0.144. The Labute approximate surface area is 146 Å². The number of carbonyl (C=O) groups excluding carboxylic acids is 1. The zero-order chi connectivity index (χ0) is 18.2. The molecule has 0 aromatic heterocycles. The third-order valence-corrected chi connectivity index (χ3v) is 7.07. The minimum atomic E-state index is -4.30. The van der Waals surface area contributed by atoms with Crippen LogP contribution < -0.4 is 0 Å². The molecule has 2 heterocycles. The minimum Gasteiger partial charge on any atom is -0.341 e. The topological polar surface area (TPSA) is 57.7 Å². The number of piperidine rings is 1. The number of hydrogen-bond donors (Lipinski definition) is 0. The molecule has 25 heavy (non-hydrogen) atoms. The molecule has 1 unspecified atom stereocenters. The minimum absolute atomic E-state index is 0.143.